The predicted molar refractivity (Wildman–Crippen MR) is 95.3 cm³/mol. The Morgan fingerprint density at radius 1 is 1.22 bits per heavy atom. The standard InChI is InChI=1S/C17H20ClFN6O2/c18-14-5-2-6-15(19)13(14)8-16(26)21-11-3-1-4-12(7-11)22-17(27)9-25-10-20-23-24-25/h2,5-6,10-12H,1,3-4,7-9H2,(H,21,26)(H,22,27)/t11-,12-/m1/s1. The van der Waals surface area contributed by atoms with Gasteiger partial charge in [0.2, 0.25) is 11.8 Å². The van der Waals surface area contributed by atoms with Gasteiger partial charge in [0.15, 0.2) is 0 Å². The molecule has 1 saturated carbocycles. The lowest BCUT2D eigenvalue weighted by molar-refractivity contribution is -0.122. The normalized spacial score (nSPS) is 19.5. The van der Waals surface area contributed by atoms with Gasteiger partial charge in [0.05, 0.1) is 6.42 Å². The van der Waals surface area contributed by atoms with Gasteiger partial charge in [-0.25, -0.2) is 9.07 Å². The Hall–Kier alpha value is -2.55. The molecule has 1 aliphatic carbocycles. The summed E-state index contributed by atoms with van der Waals surface area (Å²) in [5, 5.41) is 16.7. The van der Waals surface area contributed by atoms with E-state index in [0.29, 0.717) is 6.42 Å². The number of nitrogens with one attached hydrogen (secondary N) is 2. The smallest absolute Gasteiger partial charge is 0.242 e. The van der Waals surface area contributed by atoms with Gasteiger partial charge < -0.3 is 10.6 Å². The third-order valence-corrected chi connectivity index (χ3v) is 4.85. The number of benzene rings is 1. The summed E-state index contributed by atoms with van der Waals surface area (Å²) in [5.74, 6) is -0.959. The lowest BCUT2D eigenvalue weighted by atomic mass is 9.90. The molecule has 2 amide bonds. The molecule has 1 heterocycles. The van der Waals surface area contributed by atoms with E-state index in [0.717, 1.165) is 19.3 Å². The molecule has 8 nitrogen and oxygen atoms in total. The highest BCUT2D eigenvalue weighted by atomic mass is 35.5. The van der Waals surface area contributed by atoms with Crippen LogP contribution in [0.4, 0.5) is 4.39 Å². The number of tetrazole rings is 1. The van der Waals surface area contributed by atoms with E-state index in [9.17, 15) is 14.0 Å². The Kier molecular flexibility index (Phi) is 6.33. The minimum Gasteiger partial charge on any atom is -0.353 e. The molecule has 1 aromatic heterocycles. The van der Waals surface area contributed by atoms with E-state index in [1.165, 1.54) is 23.1 Å². The highest BCUT2D eigenvalue weighted by molar-refractivity contribution is 6.31. The summed E-state index contributed by atoms with van der Waals surface area (Å²) in [6.07, 6.45) is 4.41. The number of nitrogens with zero attached hydrogens (tertiary/aromatic N) is 4. The van der Waals surface area contributed by atoms with Gasteiger partial charge in [-0.1, -0.05) is 17.7 Å². The third kappa shape index (κ3) is 5.46. The molecule has 1 aromatic carbocycles. The number of hydrogen-bond donors (Lipinski definition) is 2. The van der Waals surface area contributed by atoms with Gasteiger partial charge in [-0.15, -0.1) is 5.10 Å². The lowest BCUT2D eigenvalue weighted by Gasteiger charge is -2.30. The van der Waals surface area contributed by atoms with Gasteiger partial charge in [0, 0.05) is 22.7 Å². The molecule has 2 atom stereocenters. The minimum atomic E-state index is -0.492. The molecule has 0 saturated heterocycles. The number of halogens is 2. The predicted octanol–water partition coefficient (Wildman–Crippen LogP) is 1.25. The average Bonchev–Trinajstić information content (AvgIpc) is 3.11. The molecule has 3 rings (SSSR count). The van der Waals surface area contributed by atoms with E-state index in [1.807, 2.05) is 0 Å². The van der Waals surface area contributed by atoms with Crippen LogP contribution in [0.15, 0.2) is 24.5 Å². The van der Waals surface area contributed by atoms with E-state index in [4.69, 9.17) is 11.6 Å². The van der Waals surface area contributed by atoms with Gasteiger partial charge in [0.1, 0.15) is 18.7 Å². The zero-order valence-electron chi connectivity index (χ0n) is 14.6. The lowest BCUT2D eigenvalue weighted by Crippen LogP contribution is -2.46. The maximum atomic E-state index is 13.8. The highest BCUT2D eigenvalue weighted by Gasteiger charge is 2.25. The van der Waals surface area contributed by atoms with Gasteiger partial charge in [-0.05, 0) is 48.2 Å². The number of rotatable bonds is 6. The van der Waals surface area contributed by atoms with Crippen LogP contribution in [0.2, 0.25) is 5.02 Å². The van der Waals surface area contributed by atoms with Crippen molar-refractivity contribution < 1.29 is 14.0 Å². The summed E-state index contributed by atoms with van der Waals surface area (Å²) in [5.41, 5.74) is 0.193. The average molecular weight is 395 g/mol. The summed E-state index contributed by atoms with van der Waals surface area (Å²) < 4.78 is 15.2. The highest BCUT2D eigenvalue weighted by Crippen LogP contribution is 2.21. The second kappa shape index (κ2) is 8.90. The first-order chi connectivity index (χ1) is 13.0. The molecule has 0 radical (unpaired) electrons. The molecule has 10 heteroatoms. The SMILES string of the molecule is O=C(Cc1c(F)cccc1Cl)N[C@@H]1CCC[C@@H](NC(=O)Cn2cnnn2)C1. The van der Waals surface area contributed by atoms with E-state index >= 15 is 0 Å². The van der Waals surface area contributed by atoms with Gasteiger partial charge >= 0.3 is 0 Å². The largest absolute Gasteiger partial charge is 0.353 e. The van der Waals surface area contributed by atoms with Crippen LogP contribution in [0, 0.1) is 5.82 Å². The fourth-order valence-corrected chi connectivity index (χ4v) is 3.50. The Balaban J connectivity index is 1.49. The quantitative estimate of drug-likeness (QED) is 0.767. The Labute approximate surface area is 160 Å². The van der Waals surface area contributed by atoms with Crippen molar-refractivity contribution in [1.82, 2.24) is 30.8 Å². The van der Waals surface area contributed by atoms with Crippen LogP contribution in [-0.2, 0) is 22.6 Å². The summed E-state index contributed by atoms with van der Waals surface area (Å²) in [6.45, 7) is 0.0479. The fraction of sp³-hybridized carbons (Fsp3) is 0.471. The van der Waals surface area contributed by atoms with Gasteiger partial charge in [0.25, 0.3) is 0 Å². The number of hydrogen-bond acceptors (Lipinski definition) is 5. The van der Waals surface area contributed by atoms with Gasteiger partial charge in [-0.3, -0.25) is 9.59 Å². The molecule has 27 heavy (non-hydrogen) atoms. The molecule has 1 aliphatic rings. The summed E-state index contributed by atoms with van der Waals surface area (Å²) in [6, 6.07) is 4.23. The van der Waals surface area contributed by atoms with E-state index in [-0.39, 0.29) is 47.4 Å². The van der Waals surface area contributed by atoms with Crippen molar-refractivity contribution in [3.63, 3.8) is 0 Å². The molecular formula is C17H20ClFN6O2. The summed E-state index contributed by atoms with van der Waals surface area (Å²) in [7, 11) is 0. The molecule has 0 unspecified atom stereocenters. The van der Waals surface area contributed by atoms with Crippen LogP contribution in [0.1, 0.15) is 31.2 Å². The van der Waals surface area contributed by atoms with Crippen LogP contribution >= 0.6 is 11.6 Å². The molecule has 144 valence electrons. The van der Waals surface area contributed by atoms with Crippen LogP contribution in [0.5, 0.6) is 0 Å². The first kappa shape index (κ1) is 19.2. The number of carbonyl (C=O) groups is 2. The molecule has 0 spiro atoms. The third-order valence-electron chi connectivity index (χ3n) is 4.50. The van der Waals surface area contributed by atoms with Crippen LogP contribution < -0.4 is 10.6 Å². The van der Waals surface area contributed by atoms with E-state index < -0.39 is 5.82 Å². The number of aromatic nitrogens is 4. The molecule has 2 N–H and O–H groups in total. The summed E-state index contributed by atoms with van der Waals surface area (Å²) in [4.78, 5) is 24.3. The number of carbonyl (C=O) groups excluding carboxylic acids is 2. The number of amides is 2. The monoisotopic (exact) mass is 394 g/mol. The zero-order valence-corrected chi connectivity index (χ0v) is 15.3. The maximum absolute atomic E-state index is 13.8. The Bertz CT molecular complexity index is 780. The molecule has 2 aromatic rings. The van der Waals surface area contributed by atoms with Crippen molar-refractivity contribution in [2.45, 2.75) is 50.7 Å². The topological polar surface area (TPSA) is 102 Å². The molecule has 0 aliphatic heterocycles. The fourth-order valence-electron chi connectivity index (χ4n) is 3.27. The van der Waals surface area contributed by atoms with E-state index in [1.54, 1.807) is 6.07 Å². The Morgan fingerprint density at radius 3 is 2.63 bits per heavy atom. The van der Waals surface area contributed by atoms with Crippen molar-refractivity contribution in [2.24, 2.45) is 0 Å². The van der Waals surface area contributed by atoms with Crippen LogP contribution in [0.3, 0.4) is 0 Å². The Morgan fingerprint density at radius 2 is 1.96 bits per heavy atom. The first-order valence-electron chi connectivity index (χ1n) is 8.73. The maximum Gasteiger partial charge on any atom is 0.242 e. The van der Waals surface area contributed by atoms with Crippen LogP contribution in [0.25, 0.3) is 0 Å². The van der Waals surface area contributed by atoms with Crippen LogP contribution in [-0.4, -0.2) is 44.1 Å². The first-order valence-corrected chi connectivity index (χ1v) is 9.11. The second-order valence-corrected chi connectivity index (χ2v) is 6.99. The second-order valence-electron chi connectivity index (χ2n) is 6.58. The minimum absolute atomic E-state index is 0.0370. The van der Waals surface area contributed by atoms with Gasteiger partial charge in [-0.2, -0.15) is 0 Å². The van der Waals surface area contributed by atoms with Crippen molar-refractivity contribution >= 4 is 23.4 Å². The molecule has 0 bridgehead atoms. The summed E-state index contributed by atoms with van der Waals surface area (Å²) >= 11 is 5.97. The van der Waals surface area contributed by atoms with Crippen molar-refractivity contribution in [3.05, 3.63) is 40.9 Å². The van der Waals surface area contributed by atoms with Crippen molar-refractivity contribution in [3.8, 4) is 0 Å². The molecule has 1 fully saturated rings. The van der Waals surface area contributed by atoms with E-state index in [2.05, 4.69) is 26.2 Å². The van der Waals surface area contributed by atoms with Crippen molar-refractivity contribution in [2.75, 3.05) is 0 Å². The van der Waals surface area contributed by atoms with Crippen molar-refractivity contribution in [1.29, 1.82) is 0 Å². The zero-order chi connectivity index (χ0) is 19.2. The molecular weight excluding hydrogens is 375 g/mol.